The van der Waals surface area contributed by atoms with Crippen LogP contribution in [0.3, 0.4) is 0 Å². The van der Waals surface area contributed by atoms with Gasteiger partial charge in [-0.2, -0.15) is 5.26 Å². The van der Waals surface area contributed by atoms with Gasteiger partial charge in [-0.25, -0.2) is 4.79 Å². The zero-order chi connectivity index (χ0) is 12.1. The Balaban J connectivity index is 2.84. The minimum atomic E-state index is -0.667. The average Bonchev–Trinajstić information content (AvgIpc) is 2.37. The van der Waals surface area contributed by atoms with Gasteiger partial charge >= 0.3 is 5.97 Å². The first-order valence-electron chi connectivity index (χ1n) is 4.95. The van der Waals surface area contributed by atoms with E-state index in [1.54, 1.807) is 13.0 Å². The third-order valence-electron chi connectivity index (χ3n) is 2.92. The van der Waals surface area contributed by atoms with Crippen molar-refractivity contribution in [2.75, 3.05) is 5.73 Å². The monoisotopic (exact) mass is 216 g/mol. The van der Waals surface area contributed by atoms with E-state index in [1.165, 1.54) is 0 Å². The maximum Gasteiger partial charge on any atom is 0.339 e. The average molecular weight is 216 g/mol. The van der Waals surface area contributed by atoms with Crippen molar-refractivity contribution in [2.24, 2.45) is 0 Å². The molecule has 16 heavy (non-hydrogen) atoms. The van der Waals surface area contributed by atoms with Crippen molar-refractivity contribution in [3.8, 4) is 6.07 Å². The summed E-state index contributed by atoms with van der Waals surface area (Å²) >= 11 is 0. The maximum atomic E-state index is 11.7. The third kappa shape index (κ3) is 1.18. The van der Waals surface area contributed by atoms with E-state index < -0.39 is 5.60 Å². The van der Waals surface area contributed by atoms with Crippen LogP contribution in [0.2, 0.25) is 0 Å². The third-order valence-corrected chi connectivity index (χ3v) is 2.92. The largest absolute Gasteiger partial charge is 0.451 e. The van der Waals surface area contributed by atoms with Crippen LogP contribution in [0.1, 0.15) is 40.9 Å². The molecule has 4 nitrogen and oxygen atoms in total. The maximum absolute atomic E-state index is 11.7. The van der Waals surface area contributed by atoms with E-state index in [4.69, 9.17) is 15.7 Å². The Kier molecular flexibility index (Phi) is 1.96. The van der Waals surface area contributed by atoms with Crippen molar-refractivity contribution in [3.63, 3.8) is 0 Å². The van der Waals surface area contributed by atoms with Crippen molar-refractivity contribution in [2.45, 2.75) is 26.4 Å². The summed E-state index contributed by atoms with van der Waals surface area (Å²) in [5, 5.41) is 8.96. The van der Waals surface area contributed by atoms with Gasteiger partial charge in [0.2, 0.25) is 0 Å². The fraction of sp³-hybridized carbons (Fsp3) is 0.333. The summed E-state index contributed by atoms with van der Waals surface area (Å²) in [7, 11) is 0. The van der Waals surface area contributed by atoms with Crippen molar-refractivity contribution >= 4 is 11.7 Å². The second-order valence-electron chi connectivity index (χ2n) is 4.40. The summed E-state index contributed by atoms with van der Waals surface area (Å²) in [5.41, 5.74) is 7.71. The van der Waals surface area contributed by atoms with Crippen LogP contribution in [-0.2, 0) is 10.3 Å². The van der Waals surface area contributed by atoms with Gasteiger partial charge in [0.05, 0.1) is 16.8 Å². The quantitative estimate of drug-likeness (QED) is 0.530. The number of hydrogen-bond acceptors (Lipinski definition) is 4. The van der Waals surface area contributed by atoms with Crippen LogP contribution >= 0.6 is 0 Å². The fourth-order valence-corrected chi connectivity index (χ4v) is 2.07. The summed E-state index contributed by atoms with van der Waals surface area (Å²) in [5.74, 6) is -0.381. The molecule has 0 saturated heterocycles. The number of rotatable bonds is 0. The molecule has 0 unspecified atom stereocenters. The molecule has 0 bridgehead atoms. The highest BCUT2D eigenvalue weighted by Crippen LogP contribution is 2.40. The Labute approximate surface area is 93.6 Å². The standard InChI is InChI=1S/C12H12N2O2/c1-6-7(5-13)9(14)4-8-10(6)11(15)16-12(8,2)3/h4H,14H2,1-3H3. The first-order chi connectivity index (χ1) is 7.38. The van der Waals surface area contributed by atoms with Crippen molar-refractivity contribution in [1.82, 2.24) is 0 Å². The van der Waals surface area contributed by atoms with Gasteiger partial charge in [0.25, 0.3) is 0 Å². The van der Waals surface area contributed by atoms with Crippen molar-refractivity contribution in [1.29, 1.82) is 5.26 Å². The topological polar surface area (TPSA) is 76.1 Å². The number of fused-ring (bicyclic) bond motifs is 1. The number of esters is 1. The highest BCUT2D eigenvalue weighted by atomic mass is 16.6. The summed E-state index contributed by atoms with van der Waals surface area (Å²) in [6, 6.07) is 3.67. The first kappa shape index (κ1) is 10.5. The Morgan fingerprint density at radius 3 is 2.69 bits per heavy atom. The van der Waals surface area contributed by atoms with Gasteiger partial charge in [-0.3, -0.25) is 0 Å². The van der Waals surface area contributed by atoms with E-state index in [2.05, 4.69) is 0 Å². The van der Waals surface area contributed by atoms with Gasteiger partial charge in [0.1, 0.15) is 11.7 Å². The highest BCUT2D eigenvalue weighted by molar-refractivity contribution is 5.98. The van der Waals surface area contributed by atoms with Crippen LogP contribution in [0.15, 0.2) is 6.07 Å². The molecular formula is C12H12N2O2. The summed E-state index contributed by atoms with van der Waals surface area (Å²) in [6.45, 7) is 5.33. The molecule has 0 amide bonds. The predicted octanol–water partition coefficient (Wildman–Crippen LogP) is 1.85. The lowest BCUT2D eigenvalue weighted by atomic mass is 9.90. The summed E-state index contributed by atoms with van der Waals surface area (Å²) < 4.78 is 5.25. The lowest BCUT2D eigenvalue weighted by Crippen LogP contribution is -2.16. The fourth-order valence-electron chi connectivity index (χ4n) is 2.07. The van der Waals surface area contributed by atoms with E-state index in [9.17, 15) is 4.79 Å². The molecule has 2 rings (SSSR count). The number of cyclic esters (lactones) is 1. The number of nitrogens with zero attached hydrogens (tertiary/aromatic N) is 1. The van der Waals surface area contributed by atoms with Gasteiger partial charge < -0.3 is 10.5 Å². The first-order valence-corrected chi connectivity index (χ1v) is 4.95. The Bertz CT molecular complexity index is 539. The van der Waals surface area contributed by atoms with E-state index in [0.29, 0.717) is 22.4 Å². The molecule has 1 aromatic rings. The number of nitriles is 1. The van der Waals surface area contributed by atoms with E-state index in [1.807, 2.05) is 19.9 Å². The van der Waals surface area contributed by atoms with Crippen LogP contribution in [0.5, 0.6) is 0 Å². The van der Waals surface area contributed by atoms with Crippen LogP contribution in [0.25, 0.3) is 0 Å². The molecular weight excluding hydrogens is 204 g/mol. The minimum Gasteiger partial charge on any atom is -0.451 e. The van der Waals surface area contributed by atoms with Gasteiger partial charge in [-0.15, -0.1) is 0 Å². The molecule has 4 heteroatoms. The number of nitrogens with two attached hydrogens (primary N) is 1. The number of carbonyl (C=O) groups excluding carboxylic acids is 1. The second kappa shape index (κ2) is 2.99. The normalized spacial score (nSPS) is 16.5. The molecule has 0 aliphatic carbocycles. The molecule has 0 radical (unpaired) electrons. The Morgan fingerprint density at radius 1 is 1.50 bits per heavy atom. The molecule has 1 heterocycles. The van der Waals surface area contributed by atoms with Crippen LogP contribution < -0.4 is 5.73 Å². The zero-order valence-electron chi connectivity index (χ0n) is 9.42. The number of carbonyl (C=O) groups is 1. The molecule has 0 atom stereocenters. The number of nitrogen functional groups attached to an aromatic ring is 1. The molecule has 1 aromatic carbocycles. The number of benzene rings is 1. The highest BCUT2D eigenvalue weighted by Gasteiger charge is 2.40. The zero-order valence-corrected chi connectivity index (χ0v) is 9.42. The molecule has 1 aliphatic heterocycles. The molecule has 0 fully saturated rings. The molecule has 2 N–H and O–H groups in total. The van der Waals surface area contributed by atoms with Gasteiger partial charge in [0, 0.05) is 5.56 Å². The molecule has 0 saturated carbocycles. The van der Waals surface area contributed by atoms with E-state index in [0.717, 1.165) is 5.56 Å². The smallest absolute Gasteiger partial charge is 0.339 e. The van der Waals surface area contributed by atoms with Crippen molar-refractivity contribution < 1.29 is 9.53 Å². The van der Waals surface area contributed by atoms with Gasteiger partial charge in [0.15, 0.2) is 0 Å². The van der Waals surface area contributed by atoms with E-state index >= 15 is 0 Å². The molecule has 0 aromatic heterocycles. The number of ether oxygens (including phenoxy) is 1. The van der Waals surface area contributed by atoms with Crippen molar-refractivity contribution in [3.05, 3.63) is 28.3 Å². The molecule has 1 aliphatic rings. The summed E-state index contributed by atoms with van der Waals surface area (Å²) in [6.07, 6.45) is 0. The Hall–Kier alpha value is -2.02. The van der Waals surface area contributed by atoms with E-state index in [-0.39, 0.29) is 5.97 Å². The SMILES string of the molecule is Cc1c(C#N)c(N)cc2c1C(=O)OC2(C)C. The van der Waals surface area contributed by atoms with Gasteiger partial charge in [-0.05, 0) is 32.4 Å². The Morgan fingerprint density at radius 2 is 2.12 bits per heavy atom. The second-order valence-corrected chi connectivity index (χ2v) is 4.40. The van der Waals surface area contributed by atoms with Crippen LogP contribution in [0.4, 0.5) is 5.69 Å². The van der Waals surface area contributed by atoms with Crippen LogP contribution in [-0.4, -0.2) is 5.97 Å². The molecule has 0 spiro atoms. The van der Waals surface area contributed by atoms with Crippen LogP contribution in [0, 0.1) is 18.3 Å². The lowest BCUT2D eigenvalue weighted by molar-refractivity contribution is 0.00953. The predicted molar refractivity (Wildman–Crippen MR) is 58.7 cm³/mol. The van der Waals surface area contributed by atoms with Gasteiger partial charge in [-0.1, -0.05) is 0 Å². The minimum absolute atomic E-state index is 0.355. The number of anilines is 1. The summed E-state index contributed by atoms with van der Waals surface area (Å²) in [4.78, 5) is 11.7. The molecule has 82 valence electrons. The lowest BCUT2D eigenvalue weighted by Gasteiger charge is -2.18. The number of hydrogen-bond donors (Lipinski definition) is 1.